The fraction of sp³-hybridized carbons (Fsp3) is 0.250. The molecule has 0 spiro atoms. The lowest BCUT2D eigenvalue weighted by Gasteiger charge is -2.07. The second kappa shape index (κ2) is 4.78. The molecule has 2 rings (SSSR count). The number of nitrogens with zero attached hydrogens (tertiary/aromatic N) is 4. The zero-order valence-electron chi connectivity index (χ0n) is 10.4. The highest BCUT2D eigenvalue weighted by molar-refractivity contribution is 6.30. The summed E-state index contributed by atoms with van der Waals surface area (Å²) in [5.41, 5.74) is 1.72. The standard InChI is InChI=1S/C12H13ClN4O/c1-8-11(12(18)16(2)3)15-17(14-8)10-6-4-9(13)5-7-10/h4-7H,1-3H3. The van der Waals surface area contributed by atoms with Gasteiger partial charge in [0.1, 0.15) is 0 Å². The maximum Gasteiger partial charge on any atom is 0.275 e. The molecule has 18 heavy (non-hydrogen) atoms. The van der Waals surface area contributed by atoms with Crippen molar-refractivity contribution in [2.24, 2.45) is 0 Å². The monoisotopic (exact) mass is 264 g/mol. The maximum atomic E-state index is 11.9. The molecule has 1 heterocycles. The van der Waals surface area contributed by atoms with E-state index in [1.54, 1.807) is 45.3 Å². The quantitative estimate of drug-likeness (QED) is 0.833. The van der Waals surface area contributed by atoms with Crippen molar-refractivity contribution in [2.75, 3.05) is 14.1 Å². The maximum absolute atomic E-state index is 11.9. The van der Waals surface area contributed by atoms with Crippen molar-refractivity contribution in [2.45, 2.75) is 6.92 Å². The summed E-state index contributed by atoms with van der Waals surface area (Å²) < 4.78 is 0. The highest BCUT2D eigenvalue weighted by atomic mass is 35.5. The van der Waals surface area contributed by atoms with Crippen LogP contribution in [0.2, 0.25) is 5.02 Å². The minimum Gasteiger partial charge on any atom is -0.343 e. The largest absolute Gasteiger partial charge is 0.343 e. The van der Waals surface area contributed by atoms with Crippen molar-refractivity contribution in [3.63, 3.8) is 0 Å². The van der Waals surface area contributed by atoms with Gasteiger partial charge in [0, 0.05) is 19.1 Å². The van der Waals surface area contributed by atoms with Gasteiger partial charge in [-0.1, -0.05) is 11.6 Å². The van der Waals surface area contributed by atoms with E-state index >= 15 is 0 Å². The number of hydrogen-bond donors (Lipinski definition) is 0. The second-order valence-corrected chi connectivity index (χ2v) is 4.54. The van der Waals surface area contributed by atoms with Crippen molar-refractivity contribution < 1.29 is 4.79 Å². The second-order valence-electron chi connectivity index (χ2n) is 4.10. The van der Waals surface area contributed by atoms with Gasteiger partial charge in [0.05, 0.1) is 11.4 Å². The minimum atomic E-state index is -0.160. The zero-order valence-corrected chi connectivity index (χ0v) is 11.1. The number of benzene rings is 1. The van der Waals surface area contributed by atoms with Crippen molar-refractivity contribution in [3.05, 3.63) is 40.7 Å². The smallest absolute Gasteiger partial charge is 0.275 e. The van der Waals surface area contributed by atoms with Crippen LogP contribution in [0.25, 0.3) is 5.69 Å². The van der Waals surface area contributed by atoms with Crippen molar-refractivity contribution in [1.82, 2.24) is 19.9 Å². The van der Waals surface area contributed by atoms with Crippen LogP contribution < -0.4 is 0 Å². The Hall–Kier alpha value is -1.88. The summed E-state index contributed by atoms with van der Waals surface area (Å²) in [5, 5.41) is 9.08. The lowest BCUT2D eigenvalue weighted by molar-refractivity contribution is 0.0821. The van der Waals surface area contributed by atoms with E-state index in [0.29, 0.717) is 16.4 Å². The fourth-order valence-corrected chi connectivity index (χ4v) is 1.60. The van der Waals surface area contributed by atoms with E-state index in [2.05, 4.69) is 10.2 Å². The van der Waals surface area contributed by atoms with Crippen LogP contribution in [0.4, 0.5) is 0 Å². The molecule has 2 aromatic rings. The number of hydrogen-bond acceptors (Lipinski definition) is 3. The molecule has 0 fully saturated rings. The molecule has 0 saturated carbocycles. The Morgan fingerprint density at radius 3 is 2.39 bits per heavy atom. The molecule has 0 N–H and O–H groups in total. The zero-order chi connectivity index (χ0) is 13.3. The highest BCUT2D eigenvalue weighted by Crippen LogP contribution is 2.13. The number of aryl methyl sites for hydroxylation is 1. The van der Waals surface area contributed by atoms with E-state index in [-0.39, 0.29) is 5.91 Å². The van der Waals surface area contributed by atoms with Crippen LogP contribution in [-0.4, -0.2) is 39.9 Å². The molecule has 1 aromatic heterocycles. The molecule has 0 unspecified atom stereocenters. The Labute approximate surface area is 110 Å². The summed E-state index contributed by atoms with van der Waals surface area (Å²) in [6.07, 6.45) is 0. The van der Waals surface area contributed by atoms with Crippen molar-refractivity contribution in [3.8, 4) is 5.69 Å². The predicted molar refractivity (Wildman–Crippen MR) is 69.1 cm³/mol. The van der Waals surface area contributed by atoms with Gasteiger partial charge in [0.15, 0.2) is 5.69 Å². The average Bonchev–Trinajstić information content (AvgIpc) is 2.71. The topological polar surface area (TPSA) is 51.0 Å². The Kier molecular flexibility index (Phi) is 3.34. The number of carbonyl (C=O) groups is 1. The van der Waals surface area contributed by atoms with Crippen LogP contribution in [0.15, 0.2) is 24.3 Å². The van der Waals surface area contributed by atoms with Crippen LogP contribution in [0.5, 0.6) is 0 Å². The third-order valence-corrected chi connectivity index (χ3v) is 2.70. The number of aromatic nitrogens is 3. The molecule has 1 amide bonds. The van der Waals surface area contributed by atoms with Gasteiger partial charge in [0.2, 0.25) is 0 Å². The number of rotatable bonds is 2. The summed E-state index contributed by atoms with van der Waals surface area (Å²) in [5.74, 6) is -0.160. The summed E-state index contributed by atoms with van der Waals surface area (Å²) in [6.45, 7) is 1.76. The summed E-state index contributed by atoms with van der Waals surface area (Å²) in [6, 6.07) is 7.10. The lowest BCUT2D eigenvalue weighted by atomic mass is 10.3. The first-order chi connectivity index (χ1) is 8.49. The molecule has 6 heteroatoms. The van der Waals surface area contributed by atoms with Gasteiger partial charge in [-0.25, -0.2) is 0 Å². The van der Waals surface area contributed by atoms with E-state index in [9.17, 15) is 4.79 Å². The molecule has 0 aliphatic carbocycles. The van der Waals surface area contributed by atoms with E-state index in [0.717, 1.165) is 5.69 Å². The molecule has 1 aromatic carbocycles. The molecule has 0 bridgehead atoms. The van der Waals surface area contributed by atoms with E-state index in [1.807, 2.05) is 0 Å². The molecule has 94 valence electrons. The first-order valence-corrected chi connectivity index (χ1v) is 5.78. The van der Waals surface area contributed by atoms with E-state index in [1.165, 1.54) is 9.70 Å². The van der Waals surface area contributed by atoms with Gasteiger partial charge in [0.25, 0.3) is 5.91 Å². The predicted octanol–water partition coefficient (Wildman–Crippen LogP) is 1.93. The van der Waals surface area contributed by atoms with Gasteiger partial charge in [-0.3, -0.25) is 4.79 Å². The first-order valence-electron chi connectivity index (χ1n) is 5.40. The van der Waals surface area contributed by atoms with E-state index < -0.39 is 0 Å². The van der Waals surface area contributed by atoms with Gasteiger partial charge >= 0.3 is 0 Å². The molecule has 5 nitrogen and oxygen atoms in total. The molecule has 0 atom stereocenters. The average molecular weight is 265 g/mol. The SMILES string of the molecule is Cc1nn(-c2ccc(Cl)cc2)nc1C(=O)N(C)C. The number of amides is 1. The highest BCUT2D eigenvalue weighted by Gasteiger charge is 2.17. The summed E-state index contributed by atoms with van der Waals surface area (Å²) in [4.78, 5) is 14.8. The van der Waals surface area contributed by atoms with Gasteiger partial charge in [-0.05, 0) is 31.2 Å². The molecular weight excluding hydrogens is 252 g/mol. The van der Waals surface area contributed by atoms with Gasteiger partial charge in [-0.15, -0.1) is 5.10 Å². The molecule has 0 aliphatic heterocycles. The normalized spacial score (nSPS) is 10.4. The first kappa shape index (κ1) is 12.6. The number of carbonyl (C=O) groups excluding carboxylic acids is 1. The van der Waals surface area contributed by atoms with Crippen LogP contribution in [-0.2, 0) is 0 Å². The Morgan fingerprint density at radius 1 is 1.22 bits per heavy atom. The Bertz CT molecular complexity index is 574. The third-order valence-electron chi connectivity index (χ3n) is 2.45. The van der Waals surface area contributed by atoms with E-state index in [4.69, 9.17) is 11.6 Å². The Morgan fingerprint density at radius 2 is 1.83 bits per heavy atom. The molecule has 0 aliphatic rings. The number of halogens is 1. The van der Waals surface area contributed by atoms with Crippen LogP contribution in [0.1, 0.15) is 16.2 Å². The van der Waals surface area contributed by atoms with Crippen LogP contribution in [0.3, 0.4) is 0 Å². The third kappa shape index (κ3) is 2.36. The fourth-order valence-electron chi connectivity index (χ4n) is 1.48. The summed E-state index contributed by atoms with van der Waals surface area (Å²) in [7, 11) is 3.37. The minimum absolute atomic E-state index is 0.160. The van der Waals surface area contributed by atoms with Crippen molar-refractivity contribution in [1.29, 1.82) is 0 Å². The lowest BCUT2D eigenvalue weighted by Crippen LogP contribution is -2.23. The molecule has 0 saturated heterocycles. The van der Waals surface area contributed by atoms with Crippen LogP contribution in [0, 0.1) is 6.92 Å². The van der Waals surface area contributed by atoms with Crippen molar-refractivity contribution >= 4 is 17.5 Å². The molecule has 0 radical (unpaired) electrons. The van der Waals surface area contributed by atoms with Crippen LogP contribution >= 0.6 is 11.6 Å². The van der Waals surface area contributed by atoms with Gasteiger partial charge < -0.3 is 4.90 Å². The summed E-state index contributed by atoms with van der Waals surface area (Å²) >= 11 is 5.82. The Balaban J connectivity index is 2.40. The van der Waals surface area contributed by atoms with Gasteiger partial charge in [-0.2, -0.15) is 9.90 Å². The molecular formula is C12H13ClN4O.